The Kier molecular flexibility index (Phi) is 5.32. The third-order valence-electron chi connectivity index (χ3n) is 2.64. The molecule has 0 unspecified atom stereocenters. The Hall–Kier alpha value is -2.08. The van der Waals surface area contributed by atoms with Crippen LogP contribution in [0.2, 0.25) is 0 Å². The van der Waals surface area contributed by atoms with E-state index < -0.39 is 29.8 Å². The maximum atomic E-state index is 11.8. The molecule has 0 aliphatic rings. The summed E-state index contributed by atoms with van der Waals surface area (Å²) in [7, 11) is 0. The van der Waals surface area contributed by atoms with Crippen LogP contribution < -0.4 is 5.32 Å². The number of alkyl carbamates (subject to hydrolysis) is 1. The average Bonchev–Trinajstić information content (AvgIpc) is 2.32. The lowest BCUT2D eigenvalue weighted by molar-refractivity contribution is -0.148. The van der Waals surface area contributed by atoms with Gasteiger partial charge in [0.2, 0.25) is 0 Å². The van der Waals surface area contributed by atoms with E-state index in [1.54, 1.807) is 39.0 Å². The van der Waals surface area contributed by atoms with Gasteiger partial charge in [0.15, 0.2) is 6.10 Å². The molecule has 116 valence electrons. The number of carbonyl (C=O) groups is 2. The number of nitrogens with one attached hydrogen (secondary N) is 1. The lowest BCUT2D eigenvalue weighted by Crippen LogP contribution is -2.42. The molecule has 0 spiro atoms. The second-order valence-electron chi connectivity index (χ2n) is 5.82. The highest BCUT2D eigenvalue weighted by Crippen LogP contribution is 2.20. The zero-order chi connectivity index (χ0) is 16.2. The predicted molar refractivity (Wildman–Crippen MR) is 76.9 cm³/mol. The van der Waals surface area contributed by atoms with E-state index in [0.717, 1.165) is 5.56 Å². The Labute approximate surface area is 123 Å². The predicted octanol–water partition coefficient (Wildman–Crippen LogP) is 2.01. The number of aryl methyl sites for hydroxylation is 1. The van der Waals surface area contributed by atoms with Crippen molar-refractivity contribution in [1.29, 1.82) is 0 Å². The molecule has 1 aromatic rings. The van der Waals surface area contributed by atoms with Crippen molar-refractivity contribution in [3.05, 3.63) is 35.4 Å². The van der Waals surface area contributed by atoms with Gasteiger partial charge < -0.3 is 20.3 Å². The number of aliphatic hydroxyl groups is 1. The van der Waals surface area contributed by atoms with Gasteiger partial charge in [-0.25, -0.2) is 9.59 Å². The van der Waals surface area contributed by atoms with Crippen LogP contribution in [0.15, 0.2) is 24.3 Å². The van der Waals surface area contributed by atoms with Crippen LogP contribution in [0.25, 0.3) is 0 Å². The first-order valence-electron chi connectivity index (χ1n) is 6.57. The van der Waals surface area contributed by atoms with Gasteiger partial charge in [0, 0.05) is 0 Å². The van der Waals surface area contributed by atoms with Gasteiger partial charge in [-0.3, -0.25) is 0 Å². The largest absolute Gasteiger partial charge is 0.479 e. The lowest BCUT2D eigenvalue weighted by atomic mass is 10.00. The summed E-state index contributed by atoms with van der Waals surface area (Å²) in [5.74, 6) is -1.42. The number of amides is 1. The molecule has 0 heterocycles. The molecule has 0 aliphatic carbocycles. The summed E-state index contributed by atoms with van der Waals surface area (Å²) in [5, 5.41) is 21.2. The fourth-order valence-electron chi connectivity index (χ4n) is 1.79. The van der Waals surface area contributed by atoms with Crippen molar-refractivity contribution in [2.45, 2.75) is 45.4 Å². The quantitative estimate of drug-likeness (QED) is 0.789. The summed E-state index contributed by atoms with van der Waals surface area (Å²) in [4.78, 5) is 22.8. The van der Waals surface area contributed by atoms with Crippen molar-refractivity contribution in [2.75, 3.05) is 0 Å². The number of aliphatic carboxylic acids is 1. The van der Waals surface area contributed by atoms with Gasteiger partial charge in [-0.1, -0.05) is 29.8 Å². The summed E-state index contributed by atoms with van der Waals surface area (Å²) in [6, 6.07) is 5.82. The SMILES string of the molecule is Cc1cccc([C@H](NC(=O)OC(C)(C)C)[C@H](O)C(=O)O)c1. The Morgan fingerprint density at radius 2 is 1.90 bits per heavy atom. The van der Waals surface area contributed by atoms with Gasteiger partial charge in [-0.2, -0.15) is 0 Å². The summed E-state index contributed by atoms with van der Waals surface area (Å²) < 4.78 is 5.10. The molecule has 1 aromatic carbocycles. The van der Waals surface area contributed by atoms with Crippen LogP contribution in [0.3, 0.4) is 0 Å². The molecule has 21 heavy (non-hydrogen) atoms. The van der Waals surface area contributed by atoms with E-state index in [0.29, 0.717) is 5.56 Å². The minimum absolute atomic E-state index is 0.496. The standard InChI is InChI=1S/C15H21NO5/c1-9-6-5-7-10(8-9)11(12(17)13(18)19)16-14(20)21-15(2,3)4/h5-8,11-12,17H,1-4H3,(H,16,20)(H,18,19)/t11-,12-/m0/s1. The van der Waals surface area contributed by atoms with Gasteiger partial charge in [-0.05, 0) is 33.3 Å². The fourth-order valence-corrected chi connectivity index (χ4v) is 1.79. The van der Waals surface area contributed by atoms with Crippen molar-refractivity contribution >= 4 is 12.1 Å². The second kappa shape index (κ2) is 6.58. The van der Waals surface area contributed by atoms with Crippen molar-refractivity contribution in [3.8, 4) is 0 Å². The van der Waals surface area contributed by atoms with Crippen LogP contribution in [-0.2, 0) is 9.53 Å². The molecule has 1 rings (SSSR count). The Morgan fingerprint density at radius 1 is 1.29 bits per heavy atom. The van der Waals surface area contributed by atoms with Crippen LogP contribution in [-0.4, -0.2) is 34.0 Å². The monoisotopic (exact) mass is 295 g/mol. The van der Waals surface area contributed by atoms with E-state index >= 15 is 0 Å². The Morgan fingerprint density at radius 3 is 2.38 bits per heavy atom. The van der Waals surface area contributed by atoms with Crippen molar-refractivity contribution in [1.82, 2.24) is 5.32 Å². The van der Waals surface area contributed by atoms with Gasteiger partial charge in [-0.15, -0.1) is 0 Å². The van der Waals surface area contributed by atoms with Crippen molar-refractivity contribution < 1.29 is 24.5 Å². The van der Waals surface area contributed by atoms with Gasteiger partial charge in [0.05, 0.1) is 6.04 Å². The minimum atomic E-state index is -1.76. The number of benzene rings is 1. The molecular weight excluding hydrogens is 274 g/mol. The molecule has 0 saturated heterocycles. The highest BCUT2D eigenvalue weighted by Gasteiger charge is 2.30. The maximum absolute atomic E-state index is 11.8. The van der Waals surface area contributed by atoms with E-state index in [1.807, 2.05) is 13.0 Å². The zero-order valence-corrected chi connectivity index (χ0v) is 12.6. The number of carboxylic acids is 1. The van der Waals surface area contributed by atoms with Crippen LogP contribution in [0.5, 0.6) is 0 Å². The number of rotatable bonds is 4. The molecule has 0 saturated carbocycles. The number of carbonyl (C=O) groups excluding carboxylic acids is 1. The second-order valence-corrected chi connectivity index (χ2v) is 5.82. The molecule has 0 aliphatic heterocycles. The average molecular weight is 295 g/mol. The lowest BCUT2D eigenvalue weighted by Gasteiger charge is -2.25. The number of aliphatic hydroxyl groups excluding tert-OH is 1. The number of hydrogen-bond donors (Lipinski definition) is 3. The first kappa shape index (κ1) is 17.0. The molecule has 0 aromatic heterocycles. The normalized spacial score (nSPS) is 14.1. The molecule has 0 fully saturated rings. The summed E-state index contributed by atoms with van der Waals surface area (Å²) >= 11 is 0. The molecule has 6 nitrogen and oxygen atoms in total. The van der Waals surface area contributed by atoms with Gasteiger partial charge in [0.25, 0.3) is 0 Å². The smallest absolute Gasteiger partial charge is 0.408 e. The Balaban J connectivity index is 2.99. The third kappa shape index (κ3) is 5.43. The molecular formula is C15H21NO5. The first-order valence-corrected chi connectivity index (χ1v) is 6.57. The van der Waals surface area contributed by atoms with Crippen LogP contribution in [0.1, 0.15) is 37.9 Å². The van der Waals surface area contributed by atoms with Gasteiger partial charge >= 0.3 is 12.1 Å². The molecule has 1 amide bonds. The highest BCUT2D eigenvalue weighted by atomic mass is 16.6. The van der Waals surface area contributed by atoms with Crippen molar-refractivity contribution in [3.63, 3.8) is 0 Å². The summed E-state index contributed by atoms with van der Waals surface area (Å²) in [6.07, 6.45) is -2.55. The third-order valence-corrected chi connectivity index (χ3v) is 2.64. The number of carboxylic acid groups (broad SMARTS) is 1. The zero-order valence-electron chi connectivity index (χ0n) is 12.6. The van der Waals surface area contributed by atoms with E-state index in [4.69, 9.17) is 9.84 Å². The van der Waals surface area contributed by atoms with E-state index in [-0.39, 0.29) is 0 Å². The van der Waals surface area contributed by atoms with Gasteiger partial charge in [0.1, 0.15) is 5.60 Å². The van der Waals surface area contributed by atoms with Crippen molar-refractivity contribution in [2.24, 2.45) is 0 Å². The first-order chi connectivity index (χ1) is 9.60. The van der Waals surface area contributed by atoms with Crippen LogP contribution >= 0.6 is 0 Å². The summed E-state index contributed by atoms with van der Waals surface area (Å²) in [5.41, 5.74) is 0.673. The summed E-state index contributed by atoms with van der Waals surface area (Å²) in [6.45, 7) is 6.92. The molecule has 3 N–H and O–H groups in total. The van der Waals surface area contributed by atoms with Crippen LogP contribution in [0.4, 0.5) is 4.79 Å². The van der Waals surface area contributed by atoms with Crippen LogP contribution in [0, 0.1) is 6.92 Å². The number of hydrogen-bond acceptors (Lipinski definition) is 4. The van der Waals surface area contributed by atoms with E-state index in [1.165, 1.54) is 0 Å². The number of ether oxygens (including phenoxy) is 1. The maximum Gasteiger partial charge on any atom is 0.408 e. The highest BCUT2D eigenvalue weighted by molar-refractivity contribution is 5.75. The molecule has 2 atom stereocenters. The minimum Gasteiger partial charge on any atom is -0.479 e. The molecule has 0 bridgehead atoms. The topological polar surface area (TPSA) is 95.9 Å². The molecule has 0 radical (unpaired) electrons. The van der Waals surface area contributed by atoms with E-state index in [9.17, 15) is 14.7 Å². The fraction of sp³-hybridized carbons (Fsp3) is 0.467. The Bertz CT molecular complexity index is 521. The molecule has 6 heteroatoms. The van der Waals surface area contributed by atoms with E-state index in [2.05, 4.69) is 5.32 Å².